The molecule has 2 rings (SSSR count). The van der Waals surface area contributed by atoms with Gasteiger partial charge in [0.1, 0.15) is 4.88 Å². The summed E-state index contributed by atoms with van der Waals surface area (Å²) in [5, 5.41) is 4.56. The Morgan fingerprint density at radius 2 is 2.06 bits per heavy atom. The lowest BCUT2D eigenvalue weighted by atomic mass is 10.3. The molecule has 6 heteroatoms. The lowest BCUT2D eigenvalue weighted by molar-refractivity contribution is 0.103. The van der Waals surface area contributed by atoms with Crippen molar-refractivity contribution >= 4 is 46.1 Å². The number of rotatable bonds is 2. The van der Waals surface area contributed by atoms with Gasteiger partial charge in [-0.25, -0.2) is 4.98 Å². The number of nitrogens with zero attached hydrogens (tertiary/aromatic N) is 1. The second kappa shape index (κ2) is 5.26. The van der Waals surface area contributed by atoms with Crippen molar-refractivity contribution in [3.63, 3.8) is 0 Å². The number of benzene rings is 1. The molecule has 0 unspecified atom stereocenters. The third-order valence-corrected chi connectivity index (χ3v) is 3.92. The number of thiazole rings is 1. The molecule has 1 N–H and O–H groups in total. The zero-order chi connectivity index (χ0) is 13.3. The second-order valence-electron chi connectivity index (χ2n) is 3.73. The normalized spacial score (nSPS) is 10.4. The first-order valence-corrected chi connectivity index (χ1v) is 6.75. The fourth-order valence-corrected chi connectivity index (χ4v) is 2.67. The van der Waals surface area contributed by atoms with Crippen molar-refractivity contribution in [3.05, 3.63) is 43.8 Å². The van der Waals surface area contributed by atoms with E-state index in [1.165, 1.54) is 11.3 Å². The van der Waals surface area contributed by atoms with Gasteiger partial charge in [-0.3, -0.25) is 4.79 Å². The van der Waals surface area contributed by atoms with Crippen LogP contribution in [0, 0.1) is 13.8 Å². The molecule has 0 spiro atoms. The highest BCUT2D eigenvalue weighted by Gasteiger charge is 2.15. The van der Waals surface area contributed by atoms with Crippen LogP contribution in [0.1, 0.15) is 20.4 Å². The van der Waals surface area contributed by atoms with Gasteiger partial charge in [-0.2, -0.15) is 0 Å². The smallest absolute Gasteiger partial charge is 0.267 e. The quantitative estimate of drug-likeness (QED) is 0.897. The van der Waals surface area contributed by atoms with Gasteiger partial charge in [-0.1, -0.05) is 23.2 Å². The van der Waals surface area contributed by atoms with Gasteiger partial charge in [0, 0.05) is 5.02 Å². The number of hydrogen-bond donors (Lipinski definition) is 1. The predicted molar refractivity (Wildman–Crippen MR) is 76.0 cm³/mol. The Morgan fingerprint density at radius 1 is 1.33 bits per heavy atom. The molecule has 1 heterocycles. The van der Waals surface area contributed by atoms with E-state index in [0.717, 1.165) is 5.01 Å². The van der Waals surface area contributed by atoms with Crippen LogP contribution in [-0.2, 0) is 0 Å². The fraction of sp³-hybridized carbons (Fsp3) is 0.167. The number of aryl methyl sites for hydroxylation is 2. The monoisotopic (exact) mass is 300 g/mol. The van der Waals surface area contributed by atoms with Gasteiger partial charge in [0.25, 0.3) is 5.91 Å². The molecule has 0 fully saturated rings. The Hall–Kier alpha value is -1.10. The number of hydrogen-bond acceptors (Lipinski definition) is 3. The minimum Gasteiger partial charge on any atom is -0.320 e. The van der Waals surface area contributed by atoms with Crippen LogP contribution in [0.25, 0.3) is 0 Å². The fourth-order valence-electron chi connectivity index (χ4n) is 1.51. The molecule has 0 aliphatic heterocycles. The van der Waals surface area contributed by atoms with Crippen molar-refractivity contribution in [1.82, 2.24) is 4.98 Å². The number of halogens is 2. The standard InChI is InChI=1S/C12H10Cl2N2OS/c1-6-11(18-7(2)15-6)12(17)16-10-5-8(13)3-4-9(10)14/h3-5H,1-2H3,(H,16,17). The van der Waals surface area contributed by atoms with Crippen LogP contribution in [0.2, 0.25) is 10.0 Å². The molecule has 1 aromatic heterocycles. The summed E-state index contributed by atoms with van der Waals surface area (Å²) in [5.41, 5.74) is 1.22. The summed E-state index contributed by atoms with van der Waals surface area (Å²) in [6, 6.07) is 4.93. The van der Waals surface area contributed by atoms with E-state index in [1.807, 2.05) is 6.92 Å². The summed E-state index contributed by atoms with van der Waals surface area (Å²) in [5.74, 6) is -0.220. The lowest BCUT2D eigenvalue weighted by Crippen LogP contribution is -2.11. The molecule has 0 aliphatic carbocycles. The maximum absolute atomic E-state index is 12.1. The Labute approximate surface area is 119 Å². The zero-order valence-corrected chi connectivity index (χ0v) is 12.1. The van der Waals surface area contributed by atoms with Gasteiger partial charge in [-0.15, -0.1) is 11.3 Å². The van der Waals surface area contributed by atoms with Crippen LogP contribution in [0.3, 0.4) is 0 Å². The largest absolute Gasteiger partial charge is 0.320 e. The number of anilines is 1. The highest BCUT2D eigenvalue weighted by atomic mass is 35.5. The van der Waals surface area contributed by atoms with Crippen molar-refractivity contribution in [2.75, 3.05) is 5.32 Å². The number of amides is 1. The lowest BCUT2D eigenvalue weighted by Gasteiger charge is -2.06. The minimum absolute atomic E-state index is 0.220. The highest BCUT2D eigenvalue weighted by Crippen LogP contribution is 2.27. The van der Waals surface area contributed by atoms with Crippen LogP contribution in [0.15, 0.2) is 18.2 Å². The maximum atomic E-state index is 12.1. The average Bonchev–Trinajstić information content (AvgIpc) is 2.63. The van der Waals surface area contributed by atoms with Gasteiger partial charge in [0.05, 0.1) is 21.4 Å². The Balaban J connectivity index is 2.26. The van der Waals surface area contributed by atoms with Crippen molar-refractivity contribution in [1.29, 1.82) is 0 Å². The SMILES string of the molecule is Cc1nc(C)c(C(=O)Nc2cc(Cl)ccc2Cl)s1. The summed E-state index contributed by atoms with van der Waals surface area (Å²) in [7, 11) is 0. The van der Waals surface area contributed by atoms with Gasteiger partial charge < -0.3 is 5.32 Å². The Kier molecular flexibility index (Phi) is 3.90. The average molecular weight is 301 g/mol. The summed E-state index contributed by atoms with van der Waals surface area (Å²) >= 11 is 13.2. The van der Waals surface area contributed by atoms with Crippen molar-refractivity contribution in [2.45, 2.75) is 13.8 Å². The molecule has 18 heavy (non-hydrogen) atoms. The van der Waals surface area contributed by atoms with Crippen LogP contribution in [-0.4, -0.2) is 10.9 Å². The second-order valence-corrected chi connectivity index (χ2v) is 5.77. The van der Waals surface area contributed by atoms with E-state index < -0.39 is 0 Å². The van der Waals surface area contributed by atoms with Crippen LogP contribution in [0.4, 0.5) is 5.69 Å². The van der Waals surface area contributed by atoms with E-state index in [1.54, 1.807) is 25.1 Å². The highest BCUT2D eigenvalue weighted by molar-refractivity contribution is 7.13. The number of nitrogens with one attached hydrogen (secondary N) is 1. The zero-order valence-electron chi connectivity index (χ0n) is 9.75. The van der Waals surface area contributed by atoms with Crippen LogP contribution >= 0.6 is 34.5 Å². The first-order valence-electron chi connectivity index (χ1n) is 5.18. The Bertz CT molecular complexity index is 610. The predicted octanol–water partition coefficient (Wildman–Crippen LogP) is 4.32. The van der Waals surface area contributed by atoms with Gasteiger partial charge in [-0.05, 0) is 32.0 Å². The molecular formula is C12H10Cl2N2OS. The molecule has 0 saturated heterocycles. The van der Waals surface area contributed by atoms with E-state index in [-0.39, 0.29) is 5.91 Å². The van der Waals surface area contributed by atoms with E-state index in [2.05, 4.69) is 10.3 Å². The van der Waals surface area contributed by atoms with Crippen molar-refractivity contribution in [3.8, 4) is 0 Å². The topological polar surface area (TPSA) is 42.0 Å². The minimum atomic E-state index is -0.220. The molecule has 1 amide bonds. The van der Waals surface area contributed by atoms with E-state index >= 15 is 0 Å². The third kappa shape index (κ3) is 2.83. The van der Waals surface area contributed by atoms with Gasteiger partial charge in [0.2, 0.25) is 0 Å². The summed E-state index contributed by atoms with van der Waals surface area (Å²) in [4.78, 5) is 16.9. The number of aromatic nitrogens is 1. The maximum Gasteiger partial charge on any atom is 0.267 e. The summed E-state index contributed by atoms with van der Waals surface area (Å²) < 4.78 is 0. The molecule has 94 valence electrons. The Morgan fingerprint density at radius 3 is 2.67 bits per heavy atom. The molecule has 2 aromatic rings. The molecule has 0 atom stereocenters. The molecule has 0 saturated carbocycles. The first-order chi connectivity index (χ1) is 8.47. The molecular weight excluding hydrogens is 291 g/mol. The van der Waals surface area contributed by atoms with Crippen LogP contribution < -0.4 is 5.32 Å². The molecule has 1 aromatic carbocycles. The first kappa shape index (κ1) is 13.3. The van der Waals surface area contributed by atoms with E-state index in [4.69, 9.17) is 23.2 Å². The van der Waals surface area contributed by atoms with Crippen molar-refractivity contribution < 1.29 is 4.79 Å². The van der Waals surface area contributed by atoms with Gasteiger partial charge in [0.15, 0.2) is 0 Å². The van der Waals surface area contributed by atoms with Crippen molar-refractivity contribution in [2.24, 2.45) is 0 Å². The van der Waals surface area contributed by atoms with E-state index in [9.17, 15) is 4.79 Å². The van der Waals surface area contributed by atoms with E-state index in [0.29, 0.717) is 26.3 Å². The van der Waals surface area contributed by atoms with Gasteiger partial charge >= 0.3 is 0 Å². The molecule has 0 bridgehead atoms. The third-order valence-electron chi connectivity index (χ3n) is 2.29. The molecule has 0 aliphatic rings. The van der Waals surface area contributed by atoms with Crippen LogP contribution in [0.5, 0.6) is 0 Å². The summed E-state index contributed by atoms with van der Waals surface area (Å²) in [6.07, 6.45) is 0. The molecule has 3 nitrogen and oxygen atoms in total. The molecule has 0 radical (unpaired) electrons. The number of carbonyl (C=O) groups is 1. The summed E-state index contributed by atoms with van der Waals surface area (Å²) in [6.45, 7) is 3.67. The number of carbonyl (C=O) groups excluding carboxylic acids is 1.